The van der Waals surface area contributed by atoms with Crippen molar-refractivity contribution in [1.29, 1.82) is 0 Å². The third-order valence-electron chi connectivity index (χ3n) is 2.11. The van der Waals surface area contributed by atoms with Crippen molar-refractivity contribution in [3.05, 3.63) is 0 Å². The highest BCUT2D eigenvalue weighted by Crippen LogP contribution is 2.00. The van der Waals surface area contributed by atoms with E-state index in [4.69, 9.17) is 25.0 Å². The van der Waals surface area contributed by atoms with Gasteiger partial charge in [0.25, 0.3) is 10.1 Å². The Morgan fingerprint density at radius 1 is 1.06 bits per heavy atom. The van der Waals surface area contributed by atoms with Crippen molar-refractivity contribution in [3.8, 4) is 0 Å². The second kappa shape index (κ2) is 10.6. The van der Waals surface area contributed by atoms with Gasteiger partial charge >= 0.3 is 0 Å². The molecule has 0 saturated heterocycles. The Hall–Kier alpha value is -0.290. The molecule has 0 aromatic heterocycles. The molecular formula is C9H23NO7S. The Morgan fingerprint density at radius 3 is 1.67 bits per heavy atom. The lowest BCUT2D eigenvalue weighted by molar-refractivity contribution is 0.0417. The van der Waals surface area contributed by atoms with Gasteiger partial charge in [0.2, 0.25) is 0 Å². The maximum atomic E-state index is 9.56. The second-order valence-electron chi connectivity index (χ2n) is 3.63. The van der Waals surface area contributed by atoms with Crippen LogP contribution in [0.1, 0.15) is 13.3 Å². The summed E-state index contributed by atoms with van der Waals surface area (Å²) in [4.78, 5) is 0. The zero-order chi connectivity index (χ0) is 14.7. The number of rotatable bonds is 8. The molecule has 0 aliphatic heterocycles. The van der Waals surface area contributed by atoms with Gasteiger partial charge in [0.1, 0.15) is 0 Å². The molecule has 0 heterocycles. The van der Waals surface area contributed by atoms with E-state index in [0.717, 1.165) is 0 Å². The zero-order valence-corrected chi connectivity index (χ0v) is 11.2. The zero-order valence-electron chi connectivity index (χ0n) is 10.4. The summed E-state index contributed by atoms with van der Waals surface area (Å²) in [5, 5.41) is 37.7. The average Bonchev–Trinajstić information content (AvgIpc) is 2.35. The Kier molecular flexibility index (Phi) is 11.8. The van der Waals surface area contributed by atoms with E-state index in [0.29, 0.717) is 13.0 Å². The molecule has 18 heavy (non-hydrogen) atoms. The maximum Gasteiger partial charge on any atom is 0.264 e. The fourth-order valence-corrected chi connectivity index (χ4v) is 0.750. The third kappa shape index (κ3) is 10.8. The minimum atomic E-state index is -3.66. The molecule has 0 spiro atoms. The van der Waals surface area contributed by atoms with Crippen LogP contribution in [0.3, 0.4) is 0 Å². The molecule has 0 aliphatic rings. The van der Waals surface area contributed by atoms with E-state index in [2.05, 4.69) is 5.32 Å². The molecule has 112 valence electrons. The van der Waals surface area contributed by atoms with Crippen LogP contribution >= 0.6 is 0 Å². The summed E-state index contributed by atoms with van der Waals surface area (Å²) in [6.45, 7) is 0.890. The van der Waals surface area contributed by atoms with Crippen molar-refractivity contribution >= 4 is 10.1 Å². The molecule has 6 N–H and O–H groups in total. The number of nitrogens with one attached hydrogen (secondary N) is 1. The summed E-state index contributed by atoms with van der Waals surface area (Å²) in [6, 6.07) is 0. The molecule has 0 rings (SSSR count). The van der Waals surface area contributed by atoms with Crippen LogP contribution in [0.25, 0.3) is 0 Å². The molecule has 0 fully saturated rings. The molecule has 8 nitrogen and oxygen atoms in total. The van der Waals surface area contributed by atoms with Crippen LogP contribution in [0.15, 0.2) is 0 Å². The largest absolute Gasteiger partial charge is 0.396 e. The Labute approximate surface area is 107 Å². The smallest absolute Gasteiger partial charge is 0.264 e. The molecule has 0 bridgehead atoms. The van der Waals surface area contributed by atoms with E-state index < -0.39 is 15.7 Å². The topological polar surface area (TPSA) is 147 Å². The van der Waals surface area contributed by atoms with Gasteiger partial charge in [-0.1, -0.05) is 0 Å². The van der Waals surface area contributed by atoms with Crippen LogP contribution in [0, 0.1) is 0 Å². The second-order valence-corrected chi connectivity index (χ2v) is 5.37. The Morgan fingerprint density at radius 2 is 1.44 bits per heavy atom. The first-order valence-electron chi connectivity index (χ1n) is 5.44. The fraction of sp³-hybridized carbons (Fsp3) is 1.00. The van der Waals surface area contributed by atoms with Crippen LogP contribution in [-0.4, -0.2) is 77.7 Å². The SMILES string of the molecule is CCS(=O)(=O)O.OCCCNC(CO)(CO)CO. The predicted octanol–water partition coefficient (Wildman–Crippen LogP) is -2.43. The lowest BCUT2D eigenvalue weighted by Crippen LogP contribution is -2.55. The molecule has 0 amide bonds. The van der Waals surface area contributed by atoms with Crippen molar-refractivity contribution in [2.24, 2.45) is 0 Å². The number of hydrogen-bond acceptors (Lipinski definition) is 7. The van der Waals surface area contributed by atoms with Gasteiger partial charge in [0.05, 0.1) is 31.1 Å². The number of aliphatic hydroxyl groups is 4. The molecular weight excluding hydrogens is 266 g/mol. The molecule has 0 unspecified atom stereocenters. The first kappa shape index (κ1) is 20.0. The molecule has 0 aromatic carbocycles. The molecule has 9 heteroatoms. The molecule has 0 aliphatic carbocycles. The fourth-order valence-electron chi connectivity index (χ4n) is 0.750. The summed E-state index contributed by atoms with van der Waals surface area (Å²) < 4.78 is 26.9. The lowest BCUT2D eigenvalue weighted by Gasteiger charge is -2.28. The highest BCUT2D eigenvalue weighted by Gasteiger charge is 2.26. The summed E-state index contributed by atoms with van der Waals surface area (Å²) in [5.41, 5.74) is -1.02. The van der Waals surface area contributed by atoms with E-state index in [1.807, 2.05) is 0 Å². The van der Waals surface area contributed by atoms with Gasteiger partial charge in [0, 0.05) is 6.61 Å². The van der Waals surface area contributed by atoms with Crippen molar-refractivity contribution in [1.82, 2.24) is 5.32 Å². The first-order chi connectivity index (χ1) is 8.30. The van der Waals surface area contributed by atoms with Crippen LogP contribution < -0.4 is 5.32 Å². The minimum absolute atomic E-state index is 0.0470. The van der Waals surface area contributed by atoms with Crippen molar-refractivity contribution < 1.29 is 33.4 Å². The van der Waals surface area contributed by atoms with Gasteiger partial charge in [-0.15, -0.1) is 0 Å². The van der Waals surface area contributed by atoms with E-state index >= 15 is 0 Å². The number of hydrogen-bond donors (Lipinski definition) is 6. The van der Waals surface area contributed by atoms with Crippen molar-refractivity contribution in [3.63, 3.8) is 0 Å². The molecule has 0 aromatic rings. The number of aliphatic hydroxyl groups excluding tert-OH is 4. The molecule has 0 radical (unpaired) electrons. The van der Waals surface area contributed by atoms with Crippen molar-refractivity contribution in [2.45, 2.75) is 18.9 Å². The normalized spacial score (nSPS) is 11.9. The van der Waals surface area contributed by atoms with Crippen LogP contribution in [0.2, 0.25) is 0 Å². The monoisotopic (exact) mass is 289 g/mol. The lowest BCUT2D eigenvalue weighted by atomic mass is 10.0. The Bertz CT molecular complexity index is 268. The van der Waals surface area contributed by atoms with E-state index in [-0.39, 0.29) is 32.2 Å². The molecule has 0 atom stereocenters. The van der Waals surface area contributed by atoms with Crippen LogP contribution in [0.4, 0.5) is 0 Å². The maximum absolute atomic E-state index is 9.56. The van der Waals surface area contributed by atoms with Crippen LogP contribution in [0.5, 0.6) is 0 Å². The summed E-state index contributed by atoms with van der Waals surface area (Å²) >= 11 is 0. The highest BCUT2D eigenvalue weighted by molar-refractivity contribution is 7.85. The van der Waals surface area contributed by atoms with Gasteiger partial charge < -0.3 is 25.7 Å². The predicted molar refractivity (Wildman–Crippen MR) is 65.8 cm³/mol. The van der Waals surface area contributed by atoms with Gasteiger partial charge in [-0.3, -0.25) is 4.55 Å². The average molecular weight is 289 g/mol. The molecule has 0 saturated carbocycles. The summed E-state index contributed by atoms with van der Waals surface area (Å²) in [7, 11) is -3.66. The standard InChI is InChI=1S/C7H17NO4.C2H6O3S/c9-3-1-2-8-7(4-10,5-11)6-12;1-2-6(3,4)5/h8-12H,1-6H2;2H2,1H3,(H,3,4,5). The van der Waals surface area contributed by atoms with Gasteiger partial charge in [-0.2, -0.15) is 8.42 Å². The first-order valence-corrected chi connectivity index (χ1v) is 7.05. The minimum Gasteiger partial charge on any atom is -0.396 e. The quantitative estimate of drug-likeness (QED) is 0.213. The summed E-state index contributed by atoms with van der Waals surface area (Å²) in [6.07, 6.45) is 0.530. The summed E-state index contributed by atoms with van der Waals surface area (Å²) in [5.74, 6) is -0.201. The van der Waals surface area contributed by atoms with E-state index in [1.54, 1.807) is 0 Å². The highest BCUT2D eigenvalue weighted by atomic mass is 32.2. The van der Waals surface area contributed by atoms with Gasteiger partial charge in [0.15, 0.2) is 0 Å². The Balaban J connectivity index is 0. The third-order valence-corrected chi connectivity index (χ3v) is 2.84. The van der Waals surface area contributed by atoms with Crippen LogP contribution in [-0.2, 0) is 10.1 Å². The van der Waals surface area contributed by atoms with Gasteiger partial charge in [-0.05, 0) is 19.9 Å². The van der Waals surface area contributed by atoms with Crippen molar-refractivity contribution in [2.75, 3.05) is 38.7 Å². The van der Waals surface area contributed by atoms with E-state index in [9.17, 15) is 8.42 Å². The van der Waals surface area contributed by atoms with E-state index in [1.165, 1.54) is 6.92 Å². The van der Waals surface area contributed by atoms with Gasteiger partial charge in [-0.25, -0.2) is 0 Å².